The summed E-state index contributed by atoms with van der Waals surface area (Å²) in [6, 6.07) is 12.6. The molecule has 24 heavy (non-hydrogen) atoms. The summed E-state index contributed by atoms with van der Waals surface area (Å²) >= 11 is 0. The highest BCUT2D eigenvalue weighted by molar-refractivity contribution is 6.15. The number of methoxy groups -OCH3 is 1. The third kappa shape index (κ3) is 2.44. The summed E-state index contributed by atoms with van der Waals surface area (Å²) in [6.45, 7) is 0. The summed E-state index contributed by atoms with van der Waals surface area (Å²) in [5.41, 5.74) is -0.579. The van der Waals surface area contributed by atoms with Gasteiger partial charge in [0.15, 0.2) is 0 Å². The molecule has 0 unspecified atom stereocenters. The van der Waals surface area contributed by atoms with Crippen molar-refractivity contribution in [2.24, 2.45) is 0 Å². The minimum absolute atomic E-state index is 0.0610. The van der Waals surface area contributed by atoms with Gasteiger partial charge in [-0.05, 0) is 12.1 Å². The molecule has 0 saturated heterocycles. The van der Waals surface area contributed by atoms with Crippen molar-refractivity contribution in [2.45, 2.75) is 0 Å². The van der Waals surface area contributed by atoms with Gasteiger partial charge in [0.25, 0.3) is 5.56 Å². The summed E-state index contributed by atoms with van der Waals surface area (Å²) in [5.74, 6) is -1.85. The maximum absolute atomic E-state index is 12.6. The number of nitrogens with one attached hydrogen (secondary N) is 1. The highest BCUT2D eigenvalue weighted by Gasteiger charge is 2.23. The molecule has 6 heteroatoms. The van der Waals surface area contributed by atoms with E-state index in [1.807, 2.05) is 0 Å². The Hall–Kier alpha value is -3.41. The van der Waals surface area contributed by atoms with E-state index in [1.54, 1.807) is 24.3 Å². The zero-order valence-electron chi connectivity index (χ0n) is 12.7. The minimum Gasteiger partial charge on any atom is -0.506 e. The van der Waals surface area contributed by atoms with Crippen LogP contribution in [0.25, 0.3) is 10.9 Å². The number of ether oxygens (including phenoxy) is 1. The van der Waals surface area contributed by atoms with E-state index in [0.717, 1.165) is 0 Å². The first-order valence-corrected chi connectivity index (χ1v) is 7.10. The summed E-state index contributed by atoms with van der Waals surface area (Å²) in [7, 11) is 1.21. The molecule has 0 bridgehead atoms. The topological polar surface area (TPSA) is 96.5 Å². The smallest absolute Gasteiger partial charge is 0.338 e. The Kier molecular flexibility index (Phi) is 3.87. The fourth-order valence-electron chi connectivity index (χ4n) is 2.55. The lowest BCUT2D eigenvalue weighted by Crippen LogP contribution is -2.19. The summed E-state index contributed by atoms with van der Waals surface area (Å²) in [4.78, 5) is 39.3. The first kappa shape index (κ1) is 15.5. The lowest BCUT2D eigenvalue weighted by Gasteiger charge is -2.10. The molecule has 1 aromatic heterocycles. The van der Waals surface area contributed by atoms with Crippen LogP contribution in [0.15, 0.2) is 53.3 Å². The van der Waals surface area contributed by atoms with Crippen molar-refractivity contribution in [1.82, 2.24) is 4.98 Å². The average Bonchev–Trinajstić information content (AvgIpc) is 2.61. The molecule has 0 aliphatic heterocycles. The number of pyridine rings is 1. The lowest BCUT2D eigenvalue weighted by atomic mass is 9.99. The van der Waals surface area contributed by atoms with Gasteiger partial charge in [0.2, 0.25) is 5.78 Å². The summed E-state index contributed by atoms with van der Waals surface area (Å²) in [5, 5.41) is 10.6. The fraction of sp³-hybridized carbons (Fsp3) is 0.0556. The van der Waals surface area contributed by atoms with Gasteiger partial charge in [0.05, 0.1) is 23.6 Å². The molecule has 0 atom stereocenters. The first-order valence-electron chi connectivity index (χ1n) is 7.10. The van der Waals surface area contributed by atoms with Gasteiger partial charge in [0.1, 0.15) is 11.3 Å². The van der Waals surface area contributed by atoms with Gasteiger partial charge in [-0.25, -0.2) is 4.79 Å². The molecule has 0 saturated carbocycles. The number of esters is 1. The van der Waals surface area contributed by atoms with E-state index in [9.17, 15) is 19.5 Å². The quantitative estimate of drug-likeness (QED) is 0.569. The number of fused-ring (bicyclic) bond motifs is 1. The van der Waals surface area contributed by atoms with E-state index in [1.165, 1.54) is 31.4 Å². The number of aromatic amines is 1. The van der Waals surface area contributed by atoms with Gasteiger partial charge < -0.3 is 14.8 Å². The Morgan fingerprint density at radius 3 is 2.42 bits per heavy atom. The molecule has 2 aromatic carbocycles. The normalized spacial score (nSPS) is 10.5. The van der Waals surface area contributed by atoms with Crippen molar-refractivity contribution in [3.8, 4) is 5.75 Å². The summed E-state index contributed by atoms with van der Waals surface area (Å²) in [6.07, 6.45) is 0. The molecule has 3 rings (SSSR count). The van der Waals surface area contributed by atoms with Crippen LogP contribution in [0.2, 0.25) is 0 Å². The molecule has 3 aromatic rings. The molecule has 0 amide bonds. The van der Waals surface area contributed by atoms with Crippen molar-refractivity contribution in [3.63, 3.8) is 0 Å². The maximum atomic E-state index is 12.6. The number of aromatic nitrogens is 1. The van der Waals surface area contributed by atoms with Crippen LogP contribution in [0.4, 0.5) is 0 Å². The van der Waals surface area contributed by atoms with Crippen LogP contribution in [-0.2, 0) is 4.74 Å². The van der Waals surface area contributed by atoms with Crippen LogP contribution in [-0.4, -0.2) is 29.0 Å². The Morgan fingerprint density at radius 2 is 1.75 bits per heavy atom. The molecule has 0 aliphatic rings. The third-order valence-corrected chi connectivity index (χ3v) is 3.68. The van der Waals surface area contributed by atoms with Gasteiger partial charge in [-0.3, -0.25) is 9.59 Å². The predicted molar refractivity (Wildman–Crippen MR) is 87.4 cm³/mol. The highest BCUT2D eigenvalue weighted by atomic mass is 16.5. The van der Waals surface area contributed by atoms with Crippen LogP contribution >= 0.6 is 0 Å². The molecule has 2 N–H and O–H groups in total. The molecule has 0 radical (unpaired) electrons. The van der Waals surface area contributed by atoms with Gasteiger partial charge in [0, 0.05) is 5.56 Å². The second-order valence-corrected chi connectivity index (χ2v) is 5.09. The Labute approximate surface area is 136 Å². The van der Waals surface area contributed by atoms with Gasteiger partial charge in [-0.2, -0.15) is 0 Å². The lowest BCUT2D eigenvalue weighted by molar-refractivity contribution is 0.0602. The number of aromatic hydroxyl groups is 1. The zero-order chi connectivity index (χ0) is 17.3. The number of H-pyrrole nitrogens is 1. The number of benzene rings is 2. The SMILES string of the molecule is COC(=O)c1cccc2[nH]c(=O)c(C(=O)c3ccccc3)c(O)c12. The van der Waals surface area contributed by atoms with Gasteiger partial charge in [-0.15, -0.1) is 0 Å². The van der Waals surface area contributed by atoms with Crippen molar-refractivity contribution in [2.75, 3.05) is 7.11 Å². The molecule has 120 valence electrons. The number of rotatable bonds is 3. The van der Waals surface area contributed by atoms with Crippen LogP contribution in [0.1, 0.15) is 26.3 Å². The van der Waals surface area contributed by atoms with Crippen molar-refractivity contribution >= 4 is 22.7 Å². The fourth-order valence-corrected chi connectivity index (χ4v) is 2.55. The van der Waals surface area contributed by atoms with Crippen molar-refractivity contribution in [3.05, 3.63) is 75.6 Å². The maximum Gasteiger partial charge on any atom is 0.338 e. The Morgan fingerprint density at radius 1 is 1.04 bits per heavy atom. The molecular weight excluding hydrogens is 310 g/mol. The van der Waals surface area contributed by atoms with E-state index in [-0.39, 0.29) is 22.0 Å². The largest absolute Gasteiger partial charge is 0.506 e. The monoisotopic (exact) mass is 323 g/mol. The summed E-state index contributed by atoms with van der Waals surface area (Å²) < 4.78 is 4.69. The van der Waals surface area contributed by atoms with E-state index in [4.69, 9.17) is 0 Å². The van der Waals surface area contributed by atoms with Crippen LogP contribution < -0.4 is 5.56 Å². The minimum atomic E-state index is -0.726. The number of carbonyl (C=O) groups excluding carboxylic acids is 2. The molecule has 0 fully saturated rings. The van der Waals surface area contributed by atoms with Crippen LogP contribution in [0, 0.1) is 0 Å². The molecule has 6 nitrogen and oxygen atoms in total. The molecule has 0 spiro atoms. The van der Waals surface area contributed by atoms with E-state index in [2.05, 4.69) is 9.72 Å². The van der Waals surface area contributed by atoms with E-state index < -0.39 is 28.6 Å². The molecule has 0 aliphatic carbocycles. The van der Waals surface area contributed by atoms with Crippen molar-refractivity contribution in [1.29, 1.82) is 0 Å². The predicted octanol–water partition coefficient (Wildman–Crippen LogP) is 2.25. The molecular formula is C18H13NO5. The molecule has 1 heterocycles. The second kappa shape index (κ2) is 6.00. The van der Waals surface area contributed by atoms with Gasteiger partial charge in [-0.1, -0.05) is 36.4 Å². The number of carbonyl (C=O) groups is 2. The Balaban J connectivity index is 2.32. The van der Waals surface area contributed by atoms with Crippen molar-refractivity contribution < 1.29 is 19.4 Å². The second-order valence-electron chi connectivity index (χ2n) is 5.09. The first-order chi connectivity index (χ1) is 11.5. The van der Waals surface area contributed by atoms with Crippen LogP contribution in [0.3, 0.4) is 0 Å². The third-order valence-electron chi connectivity index (χ3n) is 3.68. The van der Waals surface area contributed by atoms with E-state index >= 15 is 0 Å². The standard InChI is InChI=1S/C18H13NO5/c1-24-18(23)11-8-5-9-12-13(11)16(21)14(17(22)19-12)15(20)10-6-3-2-4-7-10/h2-9H,1H3,(H2,19,21,22). The Bertz CT molecular complexity index is 1010. The van der Waals surface area contributed by atoms with E-state index in [0.29, 0.717) is 0 Å². The zero-order valence-corrected chi connectivity index (χ0v) is 12.7. The average molecular weight is 323 g/mol. The highest BCUT2D eigenvalue weighted by Crippen LogP contribution is 2.30. The number of hydrogen-bond donors (Lipinski definition) is 2. The van der Waals surface area contributed by atoms with Gasteiger partial charge >= 0.3 is 5.97 Å². The number of ketones is 1. The number of hydrogen-bond acceptors (Lipinski definition) is 5. The van der Waals surface area contributed by atoms with Crippen LogP contribution in [0.5, 0.6) is 5.75 Å².